The van der Waals surface area contributed by atoms with Gasteiger partial charge >= 0.3 is 20.8 Å². The van der Waals surface area contributed by atoms with Crippen molar-refractivity contribution in [1.82, 2.24) is 4.98 Å². The van der Waals surface area contributed by atoms with E-state index in [0.29, 0.717) is 0 Å². The monoisotopic (exact) mass is 473 g/mol. The lowest BCUT2D eigenvalue weighted by molar-refractivity contribution is 0.378. The van der Waals surface area contributed by atoms with Crippen LogP contribution in [0.25, 0.3) is 0 Å². The van der Waals surface area contributed by atoms with E-state index in [9.17, 15) is 10.2 Å². The summed E-state index contributed by atoms with van der Waals surface area (Å²) in [6, 6.07) is 20.1. The Kier molecular flexibility index (Phi) is 9.51. The van der Waals surface area contributed by atoms with Gasteiger partial charge in [0.15, 0.2) is 0 Å². The largest absolute Gasteiger partial charge is 0.508 e. The molecule has 2 aromatic carbocycles. The average Bonchev–Trinajstić information content (AvgIpc) is 2.63. The third-order valence-corrected chi connectivity index (χ3v) is 3.44. The second kappa shape index (κ2) is 11.4. The summed E-state index contributed by atoms with van der Waals surface area (Å²) in [5, 5.41) is 18.9. The van der Waals surface area contributed by atoms with Crippen LogP contribution in [0.1, 0.15) is 22.7 Å². The van der Waals surface area contributed by atoms with Crippen LogP contribution in [0, 0.1) is 0 Å². The minimum Gasteiger partial charge on any atom is -0.508 e. The second-order valence-electron chi connectivity index (χ2n) is 5.77. The van der Waals surface area contributed by atoms with Crippen LogP contribution in [0.3, 0.4) is 0 Å². The van der Waals surface area contributed by atoms with Crippen molar-refractivity contribution in [2.75, 3.05) is 0 Å². The Morgan fingerprint density at radius 1 is 0.613 bits per heavy atom. The van der Waals surface area contributed by atoms with Crippen molar-refractivity contribution < 1.29 is 45.3 Å². The summed E-state index contributed by atoms with van der Waals surface area (Å²) < 4.78 is 63.2. The molecule has 1 heterocycles. The standard InChI is InChI=1S/C18H15NO2.2H2O4S/c20-15-8-4-13(5-9-15)18(17-3-1-2-12-19-17)14-6-10-16(21)11-7-14;2*1-5(2,3)4/h1-12,18,20-21H;2*(H2,1,2,3,4). The highest BCUT2D eigenvalue weighted by molar-refractivity contribution is 7.80. The molecule has 31 heavy (non-hydrogen) atoms. The molecule has 0 amide bonds. The fourth-order valence-corrected chi connectivity index (χ4v) is 2.41. The average molecular weight is 473 g/mol. The van der Waals surface area contributed by atoms with Gasteiger partial charge in [-0.15, -0.1) is 0 Å². The summed E-state index contributed by atoms with van der Waals surface area (Å²) in [5.41, 5.74) is 3.00. The lowest BCUT2D eigenvalue weighted by Gasteiger charge is -2.18. The van der Waals surface area contributed by atoms with Gasteiger partial charge in [-0.25, -0.2) is 0 Å². The number of aromatic nitrogens is 1. The Morgan fingerprint density at radius 2 is 0.968 bits per heavy atom. The number of pyridine rings is 1. The molecule has 0 aliphatic carbocycles. The summed E-state index contributed by atoms with van der Waals surface area (Å²) in [6.45, 7) is 0. The SMILES string of the molecule is O=S(=O)(O)O.O=S(=O)(O)O.Oc1ccc(C(c2ccc(O)cc2)c2ccccn2)cc1. The highest BCUT2D eigenvalue weighted by Crippen LogP contribution is 2.32. The number of rotatable bonds is 3. The zero-order chi connectivity index (χ0) is 23.7. The first-order valence-electron chi connectivity index (χ1n) is 8.12. The van der Waals surface area contributed by atoms with Gasteiger partial charge in [0.25, 0.3) is 0 Å². The van der Waals surface area contributed by atoms with Gasteiger partial charge in [0.05, 0.1) is 11.6 Å². The lowest BCUT2D eigenvalue weighted by Crippen LogP contribution is -2.05. The normalized spacial score (nSPS) is 11.0. The first-order valence-corrected chi connectivity index (χ1v) is 10.9. The predicted molar refractivity (Wildman–Crippen MR) is 110 cm³/mol. The summed E-state index contributed by atoms with van der Waals surface area (Å²) in [4.78, 5) is 4.45. The Bertz CT molecular complexity index is 1060. The highest BCUT2D eigenvalue weighted by atomic mass is 32.3. The van der Waals surface area contributed by atoms with Gasteiger partial charge in [-0.1, -0.05) is 30.3 Å². The van der Waals surface area contributed by atoms with Crippen LogP contribution in [0.15, 0.2) is 72.9 Å². The Hall–Kier alpha value is -3.07. The van der Waals surface area contributed by atoms with Crippen molar-refractivity contribution >= 4 is 20.8 Å². The van der Waals surface area contributed by atoms with Gasteiger partial charge in [0.2, 0.25) is 0 Å². The Morgan fingerprint density at radius 3 is 1.26 bits per heavy atom. The molecule has 3 aromatic rings. The van der Waals surface area contributed by atoms with Crippen LogP contribution >= 0.6 is 0 Å². The molecule has 0 saturated carbocycles. The van der Waals surface area contributed by atoms with E-state index in [1.165, 1.54) is 0 Å². The number of hydrogen-bond donors (Lipinski definition) is 6. The van der Waals surface area contributed by atoms with Gasteiger partial charge < -0.3 is 10.2 Å². The molecule has 0 bridgehead atoms. The summed E-state index contributed by atoms with van der Waals surface area (Å²) in [5.74, 6) is 0.445. The van der Waals surface area contributed by atoms with E-state index in [2.05, 4.69) is 4.98 Å². The lowest BCUT2D eigenvalue weighted by atomic mass is 9.88. The fourth-order valence-electron chi connectivity index (χ4n) is 2.41. The van der Waals surface area contributed by atoms with Gasteiger partial charge in [-0.2, -0.15) is 16.8 Å². The molecule has 0 unspecified atom stereocenters. The fraction of sp³-hybridized carbons (Fsp3) is 0.0556. The van der Waals surface area contributed by atoms with Crippen molar-refractivity contribution in [2.24, 2.45) is 0 Å². The number of nitrogens with zero attached hydrogens (tertiary/aromatic N) is 1. The minimum atomic E-state index is -4.67. The first kappa shape index (κ1) is 26.0. The number of hydrogen-bond acceptors (Lipinski definition) is 7. The van der Waals surface area contributed by atoms with Crippen molar-refractivity contribution in [3.8, 4) is 11.5 Å². The van der Waals surface area contributed by atoms with Crippen LogP contribution in [-0.2, 0) is 20.8 Å². The number of phenolic OH excluding ortho intramolecular Hbond substituents is 2. The molecule has 1 aromatic heterocycles. The molecule has 0 atom stereocenters. The summed E-state index contributed by atoms with van der Waals surface area (Å²) >= 11 is 0. The molecular weight excluding hydrogens is 454 g/mol. The molecule has 0 aliphatic rings. The first-order chi connectivity index (χ1) is 14.2. The smallest absolute Gasteiger partial charge is 0.394 e. The Labute approximate surface area is 178 Å². The van der Waals surface area contributed by atoms with Crippen LogP contribution in [0.5, 0.6) is 11.5 Å². The van der Waals surface area contributed by atoms with Gasteiger partial charge in [-0.05, 0) is 47.5 Å². The molecule has 168 valence electrons. The quantitative estimate of drug-likeness (QED) is 0.305. The molecule has 13 heteroatoms. The van der Waals surface area contributed by atoms with E-state index < -0.39 is 20.8 Å². The van der Waals surface area contributed by atoms with E-state index >= 15 is 0 Å². The summed E-state index contributed by atoms with van der Waals surface area (Å²) in [7, 11) is -9.33. The number of aromatic hydroxyl groups is 2. The van der Waals surface area contributed by atoms with Crippen LogP contribution in [0.4, 0.5) is 0 Å². The molecule has 0 saturated heterocycles. The van der Waals surface area contributed by atoms with Crippen molar-refractivity contribution in [3.05, 3.63) is 89.7 Å². The third-order valence-electron chi connectivity index (χ3n) is 3.44. The number of phenols is 2. The van der Waals surface area contributed by atoms with E-state index in [-0.39, 0.29) is 17.4 Å². The molecule has 3 rings (SSSR count). The van der Waals surface area contributed by atoms with E-state index in [4.69, 9.17) is 35.0 Å². The van der Waals surface area contributed by atoms with Crippen LogP contribution in [-0.4, -0.2) is 50.2 Å². The minimum absolute atomic E-state index is 0.0348. The van der Waals surface area contributed by atoms with Gasteiger partial charge in [0.1, 0.15) is 11.5 Å². The maximum atomic E-state index is 9.47. The second-order valence-corrected chi connectivity index (χ2v) is 7.56. The van der Waals surface area contributed by atoms with Gasteiger partial charge in [0, 0.05) is 6.20 Å². The topological polar surface area (TPSA) is 203 Å². The zero-order valence-electron chi connectivity index (χ0n) is 15.6. The molecule has 0 spiro atoms. The maximum Gasteiger partial charge on any atom is 0.394 e. The Balaban J connectivity index is 0.000000404. The molecular formula is C18H19NO10S2. The molecule has 0 radical (unpaired) electrons. The predicted octanol–water partition coefficient (Wildman–Crippen LogP) is 2.37. The van der Waals surface area contributed by atoms with Crippen LogP contribution in [0.2, 0.25) is 0 Å². The zero-order valence-corrected chi connectivity index (χ0v) is 17.2. The van der Waals surface area contributed by atoms with E-state index in [1.54, 1.807) is 30.5 Å². The molecule has 0 aliphatic heterocycles. The summed E-state index contributed by atoms with van der Waals surface area (Å²) in [6.07, 6.45) is 1.77. The van der Waals surface area contributed by atoms with Crippen molar-refractivity contribution in [3.63, 3.8) is 0 Å². The number of benzene rings is 2. The van der Waals surface area contributed by atoms with Crippen molar-refractivity contribution in [2.45, 2.75) is 5.92 Å². The van der Waals surface area contributed by atoms with Crippen molar-refractivity contribution in [1.29, 1.82) is 0 Å². The molecule has 11 nitrogen and oxygen atoms in total. The van der Waals surface area contributed by atoms with Crippen LogP contribution < -0.4 is 0 Å². The molecule has 6 N–H and O–H groups in total. The third kappa shape index (κ3) is 12.3. The molecule has 0 fully saturated rings. The highest BCUT2D eigenvalue weighted by Gasteiger charge is 2.17. The van der Waals surface area contributed by atoms with Gasteiger partial charge in [-0.3, -0.25) is 23.2 Å². The van der Waals surface area contributed by atoms with E-state index in [0.717, 1.165) is 16.8 Å². The van der Waals surface area contributed by atoms with E-state index in [1.807, 2.05) is 42.5 Å². The maximum absolute atomic E-state index is 9.47.